The van der Waals surface area contributed by atoms with E-state index in [2.05, 4.69) is 20.9 Å². The molecular weight excluding hydrogens is 478 g/mol. The molecule has 0 aliphatic heterocycles. The first-order valence-electron chi connectivity index (χ1n) is 11.0. The smallest absolute Gasteiger partial charge is 0.323 e. The zero-order valence-electron chi connectivity index (χ0n) is 18.8. The highest BCUT2D eigenvalue weighted by molar-refractivity contribution is 6.00. The molecule has 1 saturated carbocycles. The molecule has 0 spiro atoms. The summed E-state index contributed by atoms with van der Waals surface area (Å²) >= 11 is 0. The Bertz CT molecular complexity index is 1560. The molecular formula is C25H19F4N5O2. The molecule has 1 aliphatic rings. The third kappa shape index (κ3) is 4.47. The van der Waals surface area contributed by atoms with Crippen LogP contribution in [0, 0.1) is 23.3 Å². The number of aromatic nitrogens is 2. The highest BCUT2D eigenvalue weighted by atomic mass is 19.1. The number of carbonyl (C=O) groups is 1. The molecule has 4 aromatic rings. The third-order valence-corrected chi connectivity index (χ3v) is 5.85. The number of nitrogens with one attached hydrogen (secondary N) is 3. The molecule has 1 aliphatic carbocycles. The van der Waals surface area contributed by atoms with Gasteiger partial charge in [-0.2, -0.15) is 0 Å². The predicted octanol–water partition coefficient (Wildman–Crippen LogP) is 5.51. The maximum Gasteiger partial charge on any atom is 0.323 e. The Morgan fingerprint density at radius 3 is 2.36 bits per heavy atom. The van der Waals surface area contributed by atoms with E-state index in [1.54, 1.807) is 19.3 Å². The summed E-state index contributed by atoms with van der Waals surface area (Å²) in [6.07, 6.45) is 4.58. The van der Waals surface area contributed by atoms with Gasteiger partial charge in [-0.05, 0) is 48.4 Å². The van der Waals surface area contributed by atoms with E-state index >= 15 is 0 Å². The third-order valence-electron chi connectivity index (χ3n) is 5.85. The van der Waals surface area contributed by atoms with Crippen LogP contribution in [0.5, 0.6) is 0 Å². The lowest BCUT2D eigenvalue weighted by atomic mass is 10.0. The van der Waals surface area contributed by atoms with Crippen LogP contribution in [0.1, 0.15) is 24.3 Å². The van der Waals surface area contributed by atoms with Gasteiger partial charge in [0.15, 0.2) is 0 Å². The molecule has 0 bridgehead atoms. The van der Waals surface area contributed by atoms with Crippen molar-refractivity contribution >= 4 is 34.0 Å². The fourth-order valence-electron chi connectivity index (χ4n) is 4.06. The summed E-state index contributed by atoms with van der Waals surface area (Å²) in [6, 6.07) is 4.62. The Hall–Kier alpha value is -4.41. The number of benzene rings is 2. The maximum atomic E-state index is 14.9. The Kier molecular flexibility index (Phi) is 5.83. The quantitative estimate of drug-likeness (QED) is 0.318. The van der Waals surface area contributed by atoms with Crippen LogP contribution in [0.2, 0.25) is 0 Å². The van der Waals surface area contributed by atoms with Crippen molar-refractivity contribution in [3.05, 3.63) is 88.0 Å². The number of hydrogen-bond acceptors (Lipinski definition) is 4. The van der Waals surface area contributed by atoms with E-state index in [9.17, 15) is 27.2 Å². The van der Waals surface area contributed by atoms with Gasteiger partial charge in [-0.15, -0.1) is 0 Å². The molecule has 36 heavy (non-hydrogen) atoms. The van der Waals surface area contributed by atoms with Gasteiger partial charge in [0.25, 0.3) is 5.56 Å². The average molecular weight is 497 g/mol. The van der Waals surface area contributed by atoms with Gasteiger partial charge in [0.2, 0.25) is 0 Å². The number of urea groups is 1. The van der Waals surface area contributed by atoms with Crippen molar-refractivity contribution in [2.24, 2.45) is 0 Å². The molecule has 2 aromatic heterocycles. The lowest BCUT2D eigenvalue weighted by Crippen LogP contribution is -2.24. The van der Waals surface area contributed by atoms with Crippen molar-refractivity contribution in [1.82, 2.24) is 9.55 Å². The second-order valence-corrected chi connectivity index (χ2v) is 8.42. The summed E-state index contributed by atoms with van der Waals surface area (Å²) in [7, 11) is 1.70. The molecule has 0 radical (unpaired) electrons. The molecule has 5 rings (SSSR count). The van der Waals surface area contributed by atoms with E-state index in [-0.39, 0.29) is 17.3 Å². The molecule has 2 amide bonds. The first-order chi connectivity index (χ1) is 17.2. The summed E-state index contributed by atoms with van der Waals surface area (Å²) < 4.78 is 57.3. The highest BCUT2D eigenvalue weighted by Gasteiger charge is 2.30. The minimum atomic E-state index is -1.10. The SMILES string of the molecule is CNc1cc2c(C3CC3)c(=O)n(-c3cc(NC(=O)Nc4cc(F)cc(F)c4)c(F)cc3F)cc2cn1. The molecule has 1 fully saturated rings. The summed E-state index contributed by atoms with van der Waals surface area (Å²) in [5.41, 5.74) is -0.884. The molecule has 7 nitrogen and oxygen atoms in total. The van der Waals surface area contributed by atoms with Crippen molar-refractivity contribution in [3.63, 3.8) is 0 Å². The van der Waals surface area contributed by atoms with Gasteiger partial charge in [-0.1, -0.05) is 0 Å². The normalized spacial score (nSPS) is 13.0. The number of amides is 2. The Morgan fingerprint density at radius 2 is 1.69 bits per heavy atom. The summed E-state index contributed by atoms with van der Waals surface area (Å²) in [5.74, 6) is -3.37. The van der Waals surface area contributed by atoms with Crippen LogP contribution in [0.15, 0.2) is 53.6 Å². The molecule has 184 valence electrons. The zero-order chi connectivity index (χ0) is 25.6. The van der Waals surface area contributed by atoms with Crippen molar-refractivity contribution in [1.29, 1.82) is 0 Å². The van der Waals surface area contributed by atoms with Crippen LogP contribution in [-0.2, 0) is 0 Å². The van der Waals surface area contributed by atoms with E-state index in [4.69, 9.17) is 0 Å². The predicted molar refractivity (Wildman–Crippen MR) is 128 cm³/mol. The van der Waals surface area contributed by atoms with E-state index in [1.807, 2.05) is 0 Å². The van der Waals surface area contributed by atoms with Crippen LogP contribution < -0.4 is 21.5 Å². The highest BCUT2D eigenvalue weighted by Crippen LogP contribution is 2.41. The van der Waals surface area contributed by atoms with Crippen LogP contribution in [0.25, 0.3) is 16.5 Å². The van der Waals surface area contributed by atoms with Crippen LogP contribution >= 0.6 is 0 Å². The number of pyridine rings is 2. The Morgan fingerprint density at radius 1 is 0.972 bits per heavy atom. The zero-order valence-corrected chi connectivity index (χ0v) is 18.8. The van der Waals surface area contributed by atoms with Gasteiger partial charge in [-0.3, -0.25) is 9.36 Å². The Labute approximate surface area is 201 Å². The van der Waals surface area contributed by atoms with Gasteiger partial charge < -0.3 is 16.0 Å². The topological polar surface area (TPSA) is 88.0 Å². The van der Waals surface area contributed by atoms with Gasteiger partial charge in [0.1, 0.15) is 29.1 Å². The fourth-order valence-corrected chi connectivity index (χ4v) is 4.06. The lowest BCUT2D eigenvalue weighted by molar-refractivity contribution is 0.262. The summed E-state index contributed by atoms with van der Waals surface area (Å²) in [4.78, 5) is 30.0. The van der Waals surface area contributed by atoms with Crippen LogP contribution in [0.3, 0.4) is 0 Å². The minimum absolute atomic E-state index is 0.0121. The molecule has 2 aromatic carbocycles. The Balaban J connectivity index is 1.54. The fraction of sp³-hybridized carbons (Fsp3) is 0.160. The van der Waals surface area contributed by atoms with Crippen LogP contribution in [-0.4, -0.2) is 22.6 Å². The first-order valence-corrected chi connectivity index (χ1v) is 11.0. The van der Waals surface area contributed by atoms with Gasteiger partial charge in [0, 0.05) is 48.2 Å². The van der Waals surface area contributed by atoms with Crippen molar-refractivity contribution in [2.75, 3.05) is 23.0 Å². The van der Waals surface area contributed by atoms with Gasteiger partial charge >= 0.3 is 6.03 Å². The van der Waals surface area contributed by atoms with Gasteiger partial charge in [0.05, 0.1) is 11.4 Å². The van der Waals surface area contributed by atoms with E-state index < -0.39 is 40.5 Å². The molecule has 0 unspecified atom stereocenters. The molecule has 11 heteroatoms. The monoisotopic (exact) mass is 497 g/mol. The first kappa shape index (κ1) is 23.3. The number of carbonyl (C=O) groups excluding carboxylic acids is 1. The average Bonchev–Trinajstić information content (AvgIpc) is 3.64. The molecule has 2 heterocycles. The largest absolute Gasteiger partial charge is 0.373 e. The van der Waals surface area contributed by atoms with Crippen LogP contribution in [0.4, 0.5) is 39.5 Å². The summed E-state index contributed by atoms with van der Waals surface area (Å²) in [6.45, 7) is 0. The number of anilines is 3. The van der Waals surface area contributed by atoms with Crippen molar-refractivity contribution < 1.29 is 22.4 Å². The van der Waals surface area contributed by atoms with E-state index in [0.29, 0.717) is 34.3 Å². The van der Waals surface area contributed by atoms with E-state index in [0.717, 1.165) is 35.6 Å². The second-order valence-electron chi connectivity index (χ2n) is 8.42. The molecule has 0 saturated heterocycles. The molecule has 0 atom stereocenters. The molecule has 3 N–H and O–H groups in total. The second kappa shape index (κ2) is 8.99. The number of rotatable bonds is 5. The minimum Gasteiger partial charge on any atom is -0.373 e. The van der Waals surface area contributed by atoms with Crippen molar-refractivity contribution in [3.8, 4) is 5.69 Å². The maximum absolute atomic E-state index is 14.9. The standard InChI is InChI=1S/C25H19F4N5O2/c1-30-22-7-17-13(10-31-22)11-34(24(35)23(17)12-2-3-12)21-9-20(18(28)8-19(21)29)33-25(36)32-16-5-14(26)4-15(27)6-16/h4-12,30H,2-3H2,1H3,(H2,32,33,36). The summed E-state index contributed by atoms with van der Waals surface area (Å²) in [5, 5.41) is 8.57. The number of fused-ring (bicyclic) bond motifs is 1. The lowest BCUT2D eigenvalue weighted by Gasteiger charge is -2.15. The van der Waals surface area contributed by atoms with Crippen molar-refractivity contribution in [2.45, 2.75) is 18.8 Å². The number of nitrogens with zero attached hydrogens (tertiary/aromatic N) is 2. The van der Waals surface area contributed by atoms with Gasteiger partial charge in [-0.25, -0.2) is 27.3 Å². The number of hydrogen-bond donors (Lipinski definition) is 3. The number of halogens is 4. The van der Waals surface area contributed by atoms with E-state index in [1.165, 1.54) is 6.20 Å².